The Hall–Kier alpha value is -1.56. The van der Waals surface area contributed by atoms with Gasteiger partial charge in [-0.05, 0) is 12.8 Å². The number of carboxylic acid groups (broad SMARTS) is 1. The van der Waals surface area contributed by atoms with Crippen molar-refractivity contribution in [3.63, 3.8) is 0 Å². The first-order chi connectivity index (χ1) is 8.09. The molecular formula is C11H18N2O4. The third kappa shape index (κ3) is 6.57. The van der Waals surface area contributed by atoms with Crippen molar-refractivity contribution >= 4 is 12.1 Å². The van der Waals surface area contributed by atoms with E-state index in [9.17, 15) is 9.59 Å². The molecule has 1 rings (SSSR count). The number of aliphatic carboxylic acids is 1. The largest absolute Gasteiger partial charge is 0.478 e. The number of hydrogen-bond donors (Lipinski definition) is 2. The van der Waals surface area contributed by atoms with E-state index in [0.29, 0.717) is 26.0 Å². The smallest absolute Gasteiger partial charge is 0.407 e. The highest BCUT2D eigenvalue weighted by Crippen LogP contribution is 2.02. The number of alkyl carbamates (subject to hydrolysis) is 1. The third-order valence-electron chi connectivity index (χ3n) is 2.41. The molecule has 1 aliphatic heterocycles. The van der Waals surface area contributed by atoms with Gasteiger partial charge in [-0.1, -0.05) is 6.58 Å². The van der Waals surface area contributed by atoms with Crippen LogP contribution in [-0.2, 0) is 9.53 Å². The van der Waals surface area contributed by atoms with E-state index < -0.39 is 12.1 Å². The van der Waals surface area contributed by atoms with Crippen LogP contribution in [0.15, 0.2) is 12.2 Å². The van der Waals surface area contributed by atoms with Crippen molar-refractivity contribution in [2.45, 2.75) is 12.8 Å². The van der Waals surface area contributed by atoms with E-state index in [0.717, 1.165) is 19.6 Å². The van der Waals surface area contributed by atoms with Gasteiger partial charge < -0.3 is 15.2 Å². The molecule has 0 aromatic heterocycles. The molecule has 0 aromatic carbocycles. The third-order valence-corrected chi connectivity index (χ3v) is 2.41. The molecule has 1 saturated heterocycles. The predicted molar refractivity (Wildman–Crippen MR) is 61.8 cm³/mol. The molecule has 17 heavy (non-hydrogen) atoms. The van der Waals surface area contributed by atoms with E-state index >= 15 is 0 Å². The van der Waals surface area contributed by atoms with Gasteiger partial charge in [-0.3, -0.25) is 4.90 Å². The second-order valence-electron chi connectivity index (χ2n) is 3.92. The second kappa shape index (κ2) is 6.90. The van der Waals surface area contributed by atoms with Gasteiger partial charge in [0, 0.05) is 31.8 Å². The molecule has 0 unspecified atom stereocenters. The van der Waals surface area contributed by atoms with Crippen LogP contribution in [0.5, 0.6) is 0 Å². The Morgan fingerprint density at radius 1 is 1.41 bits per heavy atom. The first kappa shape index (κ1) is 13.5. The number of rotatable bonds is 8. The fourth-order valence-electron chi connectivity index (χ4n) is 1.21. The SMILES string of the molecule is C=C(CCCNC(=O)OCCN1CC1)C(=O)O. The van der Waals surface area contributed by atoms with Gasteiger partial charge in [-0.2, -0.15) is 0 Å². The summed E-state index contributed by atoms with van der Waals surface area (Å²) in [6.07, 6.45) is 0.461. The molecule has 1 fully saturated rings. The maximum Gasteiger partial charge on any atom is 0.407 e. The van der Waals surface area contributed by atoms with E-state index in [4.69, 9.17) is 9.84 Å². The van der Waals surface area contributed by atoms with Crippen molar-refractivity contribution in [3.8, 4) is 0 Å². The van der Waals surface area contributed by atoms with E-state index in [1.165, 1.54) is 0 Å². The van der Waals surface area contributed by atoms with Crippen molar-refractivity contribution in [3.05, 3.63) is 12.2 Å². The number of carbonyl (C=O) groups is 2. The Morgan fingerprint density at radius 3 is 2.71 bits per heavy atom. The van der Waals surface area contributed by atoms with Crippen LogP contribution in [0.4, 0.5) is 4.79 Å². The van der Waals surface area contributed by atoms with E-state index in [1.807, 2.05) is 0 Å². The number of ether oxygens (including phenoxy) is 1. The zero-order valence-electron chi connectivity index (χ0n) is 9.78. The average Bonchev–Trinajstić information content (AvgIpc) is 3.08. The first-order valence-corrected chi connectivity index (χ1v) is 5.63. The molecule has 0 radical (unpaired) electrons. The van der Waals surface area contributed by atoms with Gasteiger partial charge in [-0.15, -0.1) is 0 Å². The van der Waals surface area contributed by atoms with E-state index in [-0.39, 0.29) is 5.57 Å². The molecule has 0 atom stereocenters. The average molecular weight is 242 g/mol. The Balaban J connectivity index is 1.92. The summed E-state index contributed by atoms with van der Waals surface area (Å²) >= 11 is 0. The highest BCUT2D eigenvalue weighted by atomic mass is 16.5. The van der Waals surface area contributed by atoms with Gasteiger partial charge in [0.2, 0.25) is 0 Å². The van der Waals surface area contributed by atoms with Gasteiger partial charge in [0.25, 0.3) is 0 Å². The summed E-state index contributed by atoms with van der Waals surface area (Å²) in [6.45, 7) is 7.14. The molecule has 0 bridgehead atoms. The minimum Gasteiger partial charge on any atom is -0.478 e. The van der Waals surface area contributed by atoms with Gasteiger partial charge in [-0.25, -0.2) is 9.59 Å². The molecule has 0 aliphatic carbocycles. The van der Waals surface area contributed by atoms with Crippen LogP contribution in [0.3, 0.4) is 0 Å². The number of carboxylic acids is 1. The lowest BCUT2D eigenvalue weighted by molar-refractivity contribution is -0.132. The molecule has 96 valence electrons. The molecule has 6 heteroatoms. The van der Waals surface area contributed by atoms with Crippen molar-refractivity contribution in [2.24, 2.45) is 0 Å². The second-order valence-corrected chi connectivity index (χ2v) is 3.92. The first-order valence-electron chi connectivity index (χ1n) is 5.63. The van der Waals surface area contributed by atoms with Gasteiger partial charge in [0.1, 0.15) is 6.61 Å². The number of nitrogens with zero attached hydrogens (tertiary/aromatic N) is 1. The summed E-state index contributed by atoms with van der Waals surface area (Å²) in [6, 6.07) is 0. The van der Waals surface area contributed by atoms with Crippen LogP contribution in [0.1, 0.15) is 12.8 Å². The Morgan fingerprint density at radius 2 is 2.12 bits per heavy atom. The molecule has 1 aliphatic rings. The number of hydrogen-bond acceptors (Lipinski definition) is 4. The summed E-state index contributed by atoms with van der Waals surface area (Å²) in [5, 5.41) is 11.1. The summed E-state index contributed by atoms with van der Waals surface area (Å²) in [5.41, 5.74) is 0.154. The highest BCUT2D eigenvalue weighted by molar-refractivity contribution is 5.85. The molecule has 0 saturated carbocycles. The van der Waals surface area contributed by atoms with Gasteiger partial charge in [0.15, 0.2) is 0 Å². The Bertz CT molecular complexity index is 300. The van der Waals surface area contributed by atoms with E-state index in [1.54, 1.807) is 0 Å². The lowest BCUT2D eigenvalue weighted by Gasteiger charge is -2.07. The van der Waals surface area contributed by atoms with Gasteiger partial charge in [0.05, 0.1) is 0 Å². The monoisotopic (exact) mass is 242 g/mol. The molecule has 0 aromatic rings. The lowest BCUT2D eigenvalue weighted by atomic mass is 10.2. The van der Waals surface area contributed by atoms with Gasteiger partial charge >= 0.3 is 12.1 Å². The fourth-order valence-corrected chi connectivity index (χ4v) is 1.21. The Kier molecular flexibility index (Phi) is 5.48. The maximum atomic E-state index is 11.1. The normalized spacial score (nSPS) is 14.1. The molecule has 2 N–H and O–H groups in total. The fraction of sp³-hybridized carbons (Fsp3) is 0.636. The minimum absolute atomic E-state index is 0.154. The van der Waals surface area contributed by atoms with Crippen LogP contribution in [-0.4, -0.2) is 54.9 Å². The van der Waals surface area contributed by atoms with Crippen LogP contribution in [0.25, 0.3) is 0 Å². The van der Waals surface area contributed by atoms with Crippen molar-refractivity contribution < 1.29 is 19.4 Å². The molecule has 1 heterocycles. The maximum absolute atomic E-state index is 11.1. The topological polar surface area (TPSA) is 78.6 Å². The quantitative estimate of drug-likeness (QED) is 0.367. The van der Waals surface area contributed by atoms with E-state index in [2.05, 4.69) is 16.8 Å². The lowest BCUT2D eigenvalue weighted by Crippen LogP contribution is -2.27. The number of nitrogens with one attached hydrogen (secondary N) is 1. The minimum atomic E-state index is -0.994. The summed E-state index contributed by atoms with van der Waals surface area (Å²) < 4.78 is 4.92. The van der Waals surface area contributed by atoms with Crippen molar-refractivity contribution in [1.29, 1.82) is 0 Å². The van der Waals surface area contributed by atoms with Crippen molar-refractivity contribution in [1.82, 2.24) is 10.2 Å². The number of carbonyl (C=O) groups excluding carboxylic acids is 1. The van der Waals surface area contributed by atoms with Crippen molar-refractivity contribution in [2.75, 3.05) is 32.8 Å². The highest BCUT2D eigenvalue weighted by Gasteiger charge is 2.16. The molecular weight excluding hydrogens is 224 g/mol. The summed E-state index contributed by atoms with van der Waals surface area (Å²) in [4.78, 5) is 23.7. The standard InChI is InChI=1S/C11H18N2O4/c1-9(10(14)15)3-2-4-12-11(16)17-8-7-13-5-6-13/h1-8H2,(H,12,16)(H,14,15). The van der Waals surface area contributed by atoms with Crippen LogP contribution in [0.2, 0.25) is 0 Å². The molecule has 0 spiro atoms. The van der Waals surface area contributed by atoms with Crippen LogP contribution < -0.4 is 5.32 Å². The zero-order valence-corrected chi connectivity index (χ0v) is 9.78. The van der Waals surface area contributed by atoms with Crippen LogP contribution >= 0.6 is 0 Å². The summed E-state index contributed by atoms with van der Waals surface area (Å²) in [5.74, 6) is -0.994. The predicted octanol–water partition coefficient (Wildman–Crippen LogP) is 0.449. The molecule has 1 amide bonds. The zero-order chi connectivity index (χ0) is 12.7. The Labute approximate surface area is 100 Å². The number of amides is 1. The summed E-state index contributed by atoms with van der Waals surface area (Å²) in [7, 11) is 0. The molecule has 6 nitrogen and oxygen atoms in total. The van der Waals surface area contributed by atoms with Crippen LogP contribution in [0, 0.1) is 0 Å².